The third-order valence-corrected chi connectivity index (χ3v) is 7.47. The van der Waals surface area contributed by atoms with E-state index in [1.807, 2.05) is 62.5 Å². The number of para-hydroxylation sites is 1. The third kappa shape index (κ3) is 7.91. The second-order valence-corrected chi connectivity index (χ2v) is 12.1. The van der Waals surface area contributed by atoms with Gasteiger partial charge in [-0.05, 0) is 59.9 Å². The Bertz CT molecular complexity index is 1560. The topological polar surface area (TPSA) is 51.5 Å². The minimum Gasteiger partial charge on any atom is -0.455 e. The summed E-state index contributed by atoms with van der Waals surface area (Å²) in [6.45, 7) is 19.5. The second-order valence-electron chi connectivity index (χ2n) is 12.1. The van der Waals surface area contributed by atoms with Crippen molar-refractivity contribution in [2.24, 2.45) is 22.1 Å². The van der Waals surface area contributed by atoms with Crippen molar-refractivity contribution in [1.82, 2.24) is 0 Å². The Morgan fingerprint density at radius 1 is 0.929 bits per heavy atom. The van der Waals surface area contributed by atoms with E-state index < -0.39 is 0 Å². The van der Waals surface area contributed by atoms with E-state index in [2.05, 4.69) is 95.9 Å². The van der Waals surface area contributed by atoms with Crippen LogP contribution in [0.4, 0.5) is 0 Å². The summed E-state index contributed by atoms with van der Waals surface area (Å²) in [6.07, 6.45) is 12.3. The van der Waals surface area contributed by atoms with E-state index in [4.69, 9.17) is 10.2 Å². The predicted octanol–water partition coefficient (Wildman–Crippen LogP) is 11.2. The molecule has 0 amide bonds. The van der Waals surface area contributed by atoms with Crippen LogP contribution in [0.2, 0.25) is 0 Å². The van der Waals surface area contributed by atoms with Crippen LogP contribution in [0.1, 0.15) is 90.1 Å². The minimum absolute atomic E-state index is 0.0767. The number of nitrogens with two attached hydrogens (primary N) is 1. The number of benzene rings is 3. The molecule has 5 rings (SSSR count). The second kappa shape index (κ2) is 14.9. The van der Waals surface area contributed by atoms with Gasteiger partial charge in [-0.3, -0.25) is 4.99 Å². The van der Waals surface area contributed by atoms with Crippen LogP contribution in [0.25, 0.3) is 27.6 Å². The Morgan fingerprint density at radius 3 is 2.21 bits per heavy atom. The predicted molar refractivity (Wildman–Crippen MR) is 185 cm³/mol. The quantitative estimate of drug-likeness (QED) is 0.238. The normalized spacial score (nSPS) is 15.1. The molecule has 0 aliphatic carbocycles. The highest BCUT2D eigenvalue weighted by Crippen LogP contribution is 2.39. The number of nitrogens with zero attached hydrogens (tertiary/aromatic N) is 1. The van der Waals surface area contributed by atoms with Crippen LogP contribution in [0.5, 0.6) is 0 Å². The summed E-state index contributed by atoms with van der Waals surface area (Å²) in [5.74, 6) is 0.609. The van der Waals surface area contributed by atoms with Gasteiger partial charge in [-0.15, -0.1) is 0 Å². The van der Waals surface area contributed by atoms with Gasteiger partial charge in [-0.25, -0.2) is 0 Å². The lowest BCUT2D eigenvalue weighted by atomic mass is 9.84. The Morgan fingerprint density at radius 2 is 1.62 bits per heavy atom. The van der Waals surface area contributed by atoms with E-state index in [1.165, 1.54) is 33.0 Å². The number of hydrogen-bond acceptors (Lipinski definition) is 3. The largest absolute Gasteiger partial charge is 0.455 e. The minimum atomic E-state index is 0.0767. The lowest BCUT2D eigenvalue weighted by Gasteiger charge is -2.21. The molecule has 0 saturated carbocycles. The van der Waals surface area contributed by atoms with Crippen LogP contribution in [-0.2, 0) is 6.42 Å². The summed E-state index contributed by atoms with van der Waals surface area (Å²) >= 11 is 0. The molecule has 0 bridgehead atoms. The maximum atomic E-state index is 6.40. The van der Waals surface area contributed by atoms with Gasteiger partial charge < -0.3 is 10.2 Å². The van der Waals surface area contributed by atoms with E-state index in [-0.39, 0.29) is 11.5 Å². The molecule has 2 N–H and O–H groups in total. The maximum absolute atomic E-state index is 6.40. The van der Waals surface area contributed by atoms with Gasteiger partial charge in [0.25, 0.3) is 0 Å². The molecule has 1 atom stereocenters. The third-order valence-electron chi connectivity index (χ3n) is 7.47. The lowest BCUT2D eigenvalue weighted by molar-refractivity contribution is 0.488. The molecule has 1 aliphatic rings. The summed E-state index contributed by atoms with van der Waals surface area (Å²) in [6, 6.07) is 21.0. The van der Waals surface area contributed by atoms with Gasteiger partial charge in [-0.2, -0.15) is 0 Å². The van der Waals surface area contributed by atoms with Crippen molar-refractivity contribution in [3.8, 4) is 0 Å². The maximum Gasteiger partial charge on any atom is 0.141 e. The van der Waals surface area contributed by atoms with Crippen LogP contribution in [0.15, 0.2) is 100.0 Å². The zero-order chi connectivity index (χ0) is 30.9. The van der Waals surface area contributed by atoms with Crippen molar-refractivity contribution in [2.45, 2.75) is 81.2 Å². The fourth-order valence-electron chi connectivity index (χ4n) is 5.34. The summed E-state index contributed by atoms with van der Waals surface area (Å²) in [5, 5.41) is 2.41. The highest BCUT2D eigenvalue weighted by molar-refractivity contribution is 6.07. The van der Waals surface area contributed by atoms with Gasteiger partial charge in [0.05, 0.1) is 6.04 Å². The van der Waals surface area contributed by atoms with E-state index in [0.29, 0.717) is 5.92 Å². The first-order valence-corrected chi connectivity index (χ1v) is 15.5. The van der Waals surface area contributed by atoms with Crippen molar-refractivity contribution < 1.29 is 4.42 Å². The molecule has 3 nitrogen and oxygen atoms in total. The van der Waals surface area contributed by atoms with Gasteiger partial charge in [-0.1, -0.05) is 134 Å². The molecule has 4 aromatic rings. The van der Waals surface area contributed by atoms with Crippen LogP contribution in [-0.4, -0.2) is 6.21 Å². The molecule has 0 spiro atoms. The fraction of sp³-hybridized carbons (Fsp3) is 0.359. The fourth-order valence-corrected chi connectivity index (χ4v) is 5.34. The van der Waals surface area contributed by atoms with Crippen molar-refractivity contribution in [2.75, 3.05) is 0 Å². The zero-order valence-electron chi connectivity index (χ0n) is 27.2. The van der Waals surface area contributed by atoms with Gasteiger partial charge in [0, 0.05) is 28.2 Å². The number of fused-ring (bicyclic) bond motifs is 3. The molecule has 1 aliphatic heterocycles. The molecule has 42 heavy (non-hydrogen) atoms. The summed E-state index contributed by atoms with van der Waals surface area (Å²) in [4.78, 5) is 4.56. The Labute approximate surface area is 253 Å². The molecule has 2 heterocycles. The molecule has 1 aromatic heterocycles. The first kappa shape index (κ1) is 32.7. The molecule has 0 radical (unpaired) electrons. The number of rotatable bonds is 6. The van der Waals surface area contributed by atoms with Gasteiger partial charge >= 0.3 is 0 Å². The Balaban J connectivity index is 0.000000228. The van der Waals surface area contributed by atoms with Gasteiger partial charge in [0.15, 0.2) is 0 Å². The van der Waals surface area contributed by atoms with Crippen LogP contribution < -0.4 is 5.73 Å². The molecule has 222 valence electrons. The van der Waals surface area contributed by atoms with Gasteiger partial charge in [0.2, 0.25) is 0 Å². The zero-order valence-corrected chi connectivity index (χ0v) is 27.2. The Hall–Kier alpha value is -3.85. The number of hydrogen-bond donors (Lipinski definition) is 1. The van der Waals surface area contributed by atoms with Crippen LogP contribution in [0.3, 0.4) is 0 Å². The average Bonchev–Trinajstić information content (AvgIpc) is 3.63. The van der Waals surface area contributed by atoms with E-state index in [0.717, 1.165) is 35.3 Å². The first-order chi connectivity index (χ1) is 20.1. The van der Waals surface area contributed by atoms with Crippen molar-refractivity contribution in [1.29, 1.82) is 0 Å². The number of allylic oxidation sites excluding steroid dienone is 4. The highest BCUT2D eigenvalue weighted by Gasteiger charge is 2.20. The lowest BCUT2D eigenvalue weighted by Crippen LogP contribution is -2.08. The highest BCUT2D eigenvalue weighted by atomic mass is 16.3. The number of aryl methyl sites for hydroxylation is 1. The summed E-state index contributed by atoms with van der Waals surface area (Å²) in [5.41, 5.74) is 15.3. The molecular weight excluding hydrogens is 512 g/mol. The smallest absolute Gasteiger partial charge is 0.141 e. The van der Waals surface area contributed by atoms with Gasteiger partial charge in [0.1, 0.15) is 11.2 Å². The molecule has 0 fully saturated rings. The first-order valence-electron chi connectivity index (χ1n) is 15.5. The summed E-state index contributed by atoms with van der Waals surface area (Å²) < 4.78 is 6.40. The summed E-state index contributed by atoms with van der Waals surface area (Å²) in [7, 11) is 0. The van der Waals surface area contributed by atoms with E-state index in [9.17, 15) is 0 Å². The molecule has 3 aromatic carbocycles. The van der Waals surface area contributed by atoms with Crippen LogP contribution >= 0.6 is 0 Å². The average molecular weight is 563 g/mol. The molecular formula is C39H50N2O. The number of aliphatic imine (C=N–C) groups is 1. The number of furan rings is 1. The molecule has 3 heteroatoms. The van der Waals surface area contributed by atoms with Crippen molar-refractivity contribution >= 4 is 33.9 Å². The Kier molecular flexibility index (Phi) is 11.6. The van der Waals surface area contributed by atoms with E-state index >= 15 is 0 Å². The molecule has 0 saturated heterocycles. The monoisotopic (exact) mass is 562 g/mol. The van der Waals surface area contributed by atoms with Crippen LogP contribution in [0, 0.1) is 18.3 Å². The molecule has 1 unspecified atom stereocenters. The van der Waals surface area contributed by atoms with E-state index in [1.54, 1.807) is 0 Å². The van der Waals surface area contributed by atoms with Crippen molar-refractivity contribution in [3.63, 3.8) is 0 Å². The SMILES string of the molecule is CC.CC/C(=C\C=C(/N)c1ccccc1)C(C)(C)C.Cc1ccc2c(oc3c(CC(C)C)cccc32)c1C1C=CC=N1. The standard InChI is InChI=1S/C21H21NO.C16H23N.C2H6/c1-13(2)12-15-6-4-7-16-17-10-9-14(3)19(18-8-5-11-22-18)21(17)23-20(15)16;1-5-14(16(2,3)4)11-12-15(17)13-9-7-6-8-10-13;1-2/h4-11,13,18H,12H2,1-3H3;6-12H,5,17H2,1-4H3;1-2H3/b;14-11+,15-12-;. The van der Waals surface area contributed by atoms with Crippen molar-refractivity contribution in [3.05, 3.63) is 113 Å².